The normalized spacial score (nSPS) is 22.5. The van der Waals surface area contributed by atoms with Gasteiger partial charge in [-0.3, -0.25) is 4.79 Å². The van der Waals surface area contributed by atoms with Crippen molar-refractivity contribution in [3.05, 3.63) is 46.3 Å². The molecule has 2 fully saturated rings. The Labute approximate surface area is 159 Å². The van der Waals surface area contributed by atoms with Crippen LogP contribution in [0.25, 0.3) is 10.4 Å². The van der Waals surface area contributed by atoms with Crippen LogP contribution in [-0.2, 0) is 12.8 Å². The van der Waals surface area contributed by atoms with Crippen LogP contribution in [0, 0.1) is 0 Å². The molecular formula is C22H26N2OS. The first-order valence-electron chi connectivity index (χ1n) is 10.0. The largest absolute Gasteiger partial charge is 0.334 e. The minimum atomic E-state index is 0.267. The van der Waals surface area contributed by atoms with E-state index in [1.807, 2.05) is 0 Å². The Morgan fingerprint density at radius 1 is 1.04 bits per heavy atom. The van der Waals surface area contributed by atoms with E-state index in [4.69, 9.17) is 0 Å². The lowest BCUT2D eigenvalue weighted by Crippen LogP contribution is -2.42. The molecule has 1 atom stereocenters. The summed E-state index contributed by atoms with van der Waals surface area (Å²) in [5.41, 5.74) is 4.13. The maximum atomic E-state index is 13.3. The van der Waals surface area contributed by atoms with E-state index >= 15 is 0 Å². The molecule has 0 radical (unpaired) electrons. The van der Waals surface area contributed by atoms with Crippen LogP contribution in [0.1, 0.15) is 46.5 Å². The Morgan fingerprint density at radius 2 is 1.85 bits per heavy atom. The summed E-state index contributed by atoms with van der Waals surface area (Å²) in [5.74, 6) is 0.267. The summed E-state index contributed by atoms with van der Waals surface area (Å²) in [6.45, 7) is 4.42. The Balaban J connectivity index is 1.38. The van der Waals surface area contributed by atoms with Crippen LogP contribution >= 0.6 is 11.3 Å². The van der Waals surface area contributed by atoms with Crippen molar-refractivity contribution in [2.24, 2.45) is 0 Å². The number of rotatable bonds is 3. The van der Waals surface area contributed by atoms with E-state index in [9.17, 15) is 4.79 Å². The van der Waals surface area contributed by atoms with Crippen molar-refractivity contribution in [3.63, 3.8) is 0 Å². The van der Waals surface area contributed by atoms with Gasteiger partial charge in [-0.1, -0.05) is 24.3 Å². The number of benzene rings is 1. The molecule has 5 rings (SSSR count). The summed E-state index contributed by atoms with van der Waals surface area (Å²) < 4.78 is 0. The fraction of sp³-hybridized carbons (Fsp3) is 0.500. The number of aryl methyl sites for hydroxylation is 2. The highest BCUT2D eigenvalue weighted by atomic mass is 32.1. The van der Waals surface area contributed by atoms with Crippen molar-refractivity contribution < 1.29 is 4.79 Å². The highest BCUT2D eigenvalue weighted by Crippen LogP contribution is 2.40. The quantitative estimate of drug-likeness (QED) is 0.812. The number of likely N-dealkylation sites (tertiary alicyclic amines) is 2. The number of carbonyl (C=O) groups excluding carboxylic acids is 1. The van der Waals surface area contributed by atoms with Crippen molar-refractivity contribution in [2.45, 2.75) is 44.6 Å². The third-order valence-corrected chi connectivity index (χ3v) is 7.45. The summed E-state index contributed by atoms with van der Waals surface area (Å²) in [4.78, 5) is 20.3. The van der Waals surface area contributed by atoms with Gasteiger partial charge in [0.15, 0.2) is 0 Å². The minimum Gasteiger partial charge on any atom is -0.334 e. The summed E-state index contributed by atoms with van der Waals surface area (Å²) in [6, 6.07) is 11.3. The summed E-state index contributed by atoms with van der Waals surface area (Å²) in [6.07, 6.45) is 7.10. The van der Waals surface area contributed by atoms with Crippen molar-refractivity contribution in [2.75, 3.05) is 26.2 Å². The average molecular weight is 367 g/mol. The molecule has 1 aromatic carbocycles. The molecule has 0 bridgehead atoms. The average Bonchev–Trinajstić information content (AvgIpc) is 3.42. The molecule has 3 heterocycles. The van der Waals surface area contributed by atoms with Crippen molar-refractivity contribution in [1.82, 2.24) is 9.80 Å². The minimum absolute atomic E-state index is 0.267. The van der Waals surface area contributed by atoms with Crippen LogP contribution in [0.4, 0.5) is 0 Å². The van der Waals surface area contributed by atoms with Crippen LogP contribution in [0.3, 0.4) is 0 Å². The molecule has 1 amide bonds. The molecular weight excluding hydrogens is 340 g/mol. The maximum Gasteiger partial charge on any atom is 0.264 e. The predicted molar refractivity (Wildman–Crippen MR) is 107 cm³/mol. The SMILES string of the molecule is O=C(c1cc2c(s1)-c1ccccc1CC2)N1CCCC1CN1CCCC1. The Kier molecular flexibility index (Phi) is 4.33. The van der Waals surface area contributed by atoms with E-state index in [1.54, 1.807) is 11.3 Å². The van der Waals surface area contributed by atoms with Gasteiger partial charge >= 0.3 is 0 Å². The molecule has 2 saturated heterocycles. The number of carbonyl (C=O) groups is 1. The van der Waals surface area contributed by atoms with Crippen LogP contribution in [0.2, 0.25) is 0 Å². The number of nitrogens with zero attached hydrogens (tertiary/aromatic N) is 2. The van der Waals surface area contributed by atoms with Crippen LogP contribution in [0.5, 0.6) is 0 Å². The Bertz CT molecular complexity index is 821. The zero-order valence-corrected chi connectivity index (χ0v) is 16.1. The number of hydrogen-bond acceptors (Lipinski definition) is 3. The number of amides is 1. The van der Waals surface area contributed by atoms with Crippen LogP contribution < -0.4 is 0 Å². The Morgan fingerprint density at radius 3 is 2.73 bits per heavy atom. The smallest absolute Gasteiger partial charge is 0.264 e. The molecule has 26 heavy (non-hydrogen) atoms. The van der Waals surface area contributed by atoms with E-state index in [-0.39, 0.29) is 5.91 Å². The van der Waals surface area contributed by atoms with Crippen LogP contribution in [-0.4, -0.2) is 47.9 Å². The summed E-state index contributed by atoms with van der Waals surface area (Å²) in [7, 11) is 0. The topological polar surface area (TPSA) is 23.6 Å². The van der Waals surface area contributed by atoms with Gasteiger partial charge in [-0.05, 0) is 74.4 Å². The van der Waals surface area contributed by atoms with Gasteiger partial charge in [0, 0.05) is 24.0 Å². The second-order valence-electron chi connectivity index (χ2n) is 7.92. The van der Waals surface area contributed by atoms with E-state index in [2.05, 4.69) is 40.1 Å². The van der Waals surface area contributed by atoms with Gasteiger partial charge in [0.1, 0.15) is 0 Å². The maximum absolute atomic E-state index is 13.3. The number of thiophene rings is 1. The van der Waals surface area contributed by atoms with Crippen molar-refractivity contribution in [1.29, 1.82) is 0 Å². The monoisotopic (exact) mass is 366 g/mol. The Hall–Kier alpha value is -1.65. The van der Waals surface area contributed by atoms with Gasteiger partial charge in [0.25, 0.3) is 5.91 Å². The summed E-state index contributed by atoms with van der Waals surface area (Å²) >= 11 is 1.71. The molecule has 3 aliphatic rings. The van der Waals surface area contributed by atoms with Crippen molar-refractivity contribution in [3.8, 4) is 10.4 Å². The van der Waals surface area contributed by atoms with Crippen molar-refractivity contribution >= 4 is 17.2 Å². The fourth-order valence-corrected chi connectivity index (χ4v) is 6.10. The van der Waals surface area contributed by atoms with Gasteiger partial charge in [0.05, 0.1) is 4.88 Å². The molecule has 0 N–H and O–H groups in total. The molecule has 1 aromatic heterocycles. The highest BCUT2D eigenvalue weighted by molar-refractivity contribution is 7.17. The molecule has 0 spiro atoms. The van der Waals surface area contributed by atoms with E-state index in [0.717, 1.165) is 43.6 Å². The standard InChI is InChI=1S/C22H26N2OS/c25-22(24-13-5-7-18(24)15-23-11-3-4-12-23)20-14-17-10-9-16-6-1-2-8-19(16)21(17)26-20/h1-2,6,8,14,18H,3-5,7,9-13,15H2. The molecule has 1 unspecified atom stereocenters. The van der Waals surface area contributed by atoms with Gasteiger partial charge in [-0.2, -0.15) is 0 Å². The molecule has 2 aliphatic heterocycles. The third-order valence-electron chi connectivity index (χ3n) is 6.25. The molecule has 0 saturated carbocycles. The van der Waals surface area contributed by atoms with Gasteiger partial charge in [-0.15, -0.1) is 11.3 Å². The lowest BCUT2D eigenvalue weighted by atomic mass is 9.91. The fourth-order valence-electron chi connectivity index (χ4n) is 4.87. The lowest BCUT2D eigenvalue weighted by Gasteiger charge is -2.28. The van der Waals surface area contributed by atoms with E-state index in [1.165, 1.54) is 47.5 Å². The molecule has 2 aromatic rings. The predicted octanol–water partition coefficient (Wildman–Crippen LogP) is 4.21. The lowest BCUT2D eigenvalue weighted by molar-refractivity contribution is 0.0713. The van der Waals surface area contributed by atoms with E-state index < -0.39 is 0 Å². The van der Waals surface area contributed by atoms with Gasteiger partial charge in [-0.25, -0.2) is 0 Å². The van der Waals surface area contributed by atoms with Gasteiger partial charge in [0.2, 0.25) is 0 Å². The first-order chi connectivity index (χ1) is 12.8. The molecule has 1 aliphatic carbocycles. The molecule has 3 nitrogen and oxygen atoms in total. The first-order valence-corrected chi connectivity index (χ1v) is 10.9. The van der Waals surface area contributed by atoms with E-state index in [0.29, 0.717) is 6.04 Å². The van der Waals surface area contributed by atoms with Gasteiger partial charge < -0.3 is 9.80 Å². The zero-order chi connectivity index (χ0) is 17.5. The molecule has 4 heteroatoms. The highest BCUT2D eigenvalue weighted by Gasteiger charge is 2.33. The second-order valence-corrected chi connectivity index (χ2v) is 8.98. The number of hydrogen-bond donors (Lipinski definition) is 0. The van der Waals surface area contributed by atoms with Crippen LogP contribution in [0.15, 0.2) is 30.3 Å². The summed E-state index contributed by atoms with van der Waals surface area (Å²) in [5, 5.41) is 0. The zero-order valence-electron chi connectivity index (χ0n) is 15.2. The number of fused-ring (bicyclic) bond motifs is 3. The first kappa shape index (κ1) is 16.5. The second kappa shape index (κ2) is 6.82. The third kappa shape index (κ3) is 2.89. The molecule has 136 valence electrons.